The Morgan fingerprint density at radius 2 is 1.42 bits per heavy atom. The van der Waals surface area contributed by atoms with Crippen LogP contribution in [0.25, 0.3) is 5.57 Å². The standard InChI is InChI=1S/C19H17NO4/c1-20(2)12-16(13-8-4-3-5-9-13)18(22)17(21)14-10-6-7-11-15(14)19(23)24/h3-12H,1-2H3,(H,23,24)/b16-12+. The Bertz CT molecular complexity index is 807. The Hall–Kier alpha value is -3.21. The molecule has 2 aromatic carbocycles. The average molecular weight is 323 g/mol. The van der Waals surface area contributed by atoms with Crippen molar-refractivity contribution in [2.45, 2.75) is 0 Å². The van der Waals surface area contributed by atoms with E-state index in [1.807, 2.05) is 6.07 Å². The van der Waals surface area contributed by atoms with E-state index in [4.69, 9.17) is 0 Å². The van der Waals surface area contributed by atoms with Gasteiger partial charge in [0, 0.05) is 31.4 Å². The van der Waals surface area contributed by atoms with Gasteiger partial charge < -0.3 is 10.0 Å². The molecule has 0 fully saturated rings. The molecule has 0 aliphatic carbocycles. The molecule has 0 amide bonds. The Labute approximate surface area is 139 Å². The van der Waals surface area contributed by atoms with Crippen LogP contribution in [0.5, 0.6) is 0 Å². The van der Waals surface area contributed by atoms with E-state index in [2.05, 4.69) is 0 Å². The summed E-state index contributed by atoms with van der Waals surface area (Å²) in [5, 5.41) is 9.21. The minimum atomic E-state index is -1.25. The molecule has 0 aromatic heterocycles. The summed E-state index contributed by atoms with van der Waals surface area (Å²) in [6.07, 6.45) is 1.55. The van der Waals surface area contributed by atoms with Crippen LogP contribution in [0, 0.1) is 0 Å². The van der Waals surface area contributed by atoms with Crippen LogP contribution in [0.2, 0.25) is 0 Å². The minimum Gasteiger partial charge on any atom is -0.478 e. The fraction of sp³-hybridized carbons (Fsp3) is 0.105. The maximum absolute atomic E-state index is 12.7. The van der Waals surface area contributed by atoms with Crippen LogP contribution in [-0.2, 0) is 4.79 Å². The Balaban J connectivity index is 2.48. The largest absolute Gasteiger partial charge is 0.478 e. The zero-order chi connectivity index (χ0) is 17.7. The molecule has 2 aromatic rings. The van der Waals surface area contributed by atoms with Crippen LogP contribution < -0.4 is 0 Å². The van der Waals surface area contributed by atoms with Gasteiger partial charge in [-0.05, 0) is 11.6 Å². The number of benzene rings is 2. The zero-order valence-corrected chi connectivity index (χ0v) is 13.4. The number of carbonyl (C=O) groups is 3. The van der Waals surface area contributed by atoms with Gasteiger partial charge in [-0.2, -0.15) is 0 Å². The molecule has 0 bridgehead atoms. The fourth-order valence-corrected chi connectivity index (χ4v) is 2.25. The van der Waals surface area contributed by atoms with E-state index >= 15 is 0 Å². The van der Waals surface area contributed by atoms with Gasteiger partial charge in [-0.15, -0.1) is 0 Å². The van der Waals surface area contributed by atoms with Crippen molar-refractivity contribution >= 4 is 23.1 Å². The number of rotatable bonds is 6. The summed E-state index contributed by atoms with van der Waals surface area (Å²) in [7, 11) is 3.48. The van der Waals surface area contributed by atoms with E-state index in [9.17, 15) is 19.5 Å². The highest BCUT2D eigenvalue weighted by Crippen LogP contribution is 2.20. The Morgan fingerprint density at radius 3 is 1.96 bits per heavy atom. The first kappa shape index (κ1) is 17.1. The van der Waals surface area contributed by atoms with Crippen molar-refractivity contribution < 1.29 is 19.5 Å². The van der Waals surface area contributed by atoms with Gasteiger partial charge in [0.25, 0.3) is 0 Å². The molecule has 1 N–H and O–H groups in total. The van der Waals surface area contributed by atoms with Crippen LogP contribution in [0.4, 0.5) is 0 Å². The quantitative estimate of drug-likeness (QED) is 0.502. The summed E-state index contributed by atoms with van der Waals surface area (Å²) < 4.78 is 0. The summed E-state index contributed by atoms with van der Waals surface area (Å²) in [6.45, 7) is 0. The molecule has 0 heterocycles. The van der Waals surface area contributed by atoms with Crippen LogP contribution in [0.3, 0.4) is 0 Å². The minimum absolute atomic E-state index is 0.115. The fourth-order valence-electron chi connectivity index (χ4n) is 2.25. The van der Waals surface area contributed by atoms with Gasteiger partial charge in [0.05, 0.1) is 5.56 Å². The Morgan fingerprint density at radius 1 is 0.875 bits per heavy atom. The van der Waals surface area contributed by atoms with E-state index in [1.165, 1.54) is 24.3 Å². The predicted octanol–water partition coefficient (Wildman–Crippen LogP) is 2.74. The number of hydrogen-bond acceptors (Lipinski definition) is 4. The van der Waals surface area contributed by atoms with Gasteiger partial charge in [-0.3, -0.25) is 9.59 Å². The molecule has 24 heavy (non-hydrogen) atoms. The van der Waals surface area contributed by atoms with E-state index in [0.29, 0.717) is 5.56 Å². The Kier molecular flexibility index (Phi) is 5.27. The third-order valence-corrected chi connectivity index (χ3v) is 3.33. The smallest absolute Gasteiger partial charge is 0.336 e. The zero-order valence-electron chi connectivity index (χ0n) is 13.4. The lowest BCUT2D eigenvalue weighted by molar-refractivity contribution is -0.110. The molecule has 0 aliphatic heterocycles. The lowest BCUT2D eigenvalue weighted by atomic mass is 9.94. The lowest BCUT2D eigenvalue weighted by Gasteiger charge is -2.12. The number of nitrogens with zero attached hydrogens (tertiary/aromatic N) is 1. The number of hydrogen-bond donors (Lipinski definition) is 1. The molecule has 0 unspecified atom stereocenters. The highest BCUT2D eigenvalue weighted by Gasteiger charge is 2.25. The lowest BCUT2D eigenvalue weighted by Crippen LogP contribution is -2.20. The first-order chi connectivity index (χ1) is 11.4. The van der Waals surface area contributed by atoms with Crippen molar-refractivity contribution in [2.75, 3.05) is 14.1 Å². The van der Waals surface area contributed by atoms with Crippen LogP contribution in [0.1, 0.15) is 26.3 Å². The summed E-state index contributed by atoms with van der Waals surface area (Å²) >= 11 is 0. The molecule has 0 spiro atoms. The molecular weight excluding hydrogens is 306 g/mol. The maximum Gasteiger partial charge on any atom is 0.336 e. The molecule has 5 heteroatoms. The molecular formula is C19H17NO4. The second-order valence-electron chi connectivity index (χ2n) is 5.38. The van der Waals surface area contributed by atoms with E-state index in [1.54, 1.807) is 49.5 Å². The summed E-state index contributed by atoms with van der Waals surface area (Å²) in [5.74, 6) is -2.84. The monoisotopic (exact) mass is 323 g/mol. The van der Waals surface area contributed by atoms with E-state index in [-0.39, 0.29) is 16.7 Å². The number of allylic oxidation sites excluding steroid dienone is 1. The van der Waals surface area contributed by atoms with Gasteiger partial charge >= 0.3 is 5.97 Å². The summed E-state index contributed by atoms with van der Waals surface area (Å²) in [5.41, 5.74) is 0.506. The predicted molar refractivity (Wildman–Crippen MR) is 90.8 cm³/mol. The van der Waals surface area contributed by atoms with E-state index in [0.717, 1.165) is 0 Å². The number of ketones is 2. The number of carboxylic acid groups (broad SMARTS) is 1. The summed E-state index contributed by atoms with van der Waals surface area (Å²) in [6, 6.07) is 14.5. The molecule has 0 aliphatic rings. The number of Topliss-reactive ketones (excluding diaryl/α,β-unsaturated/α-hetero) is 2. The van der Waals surface area contributed by atoms with Gasteiger partial charge in [-0.25, -0.2) is 4.79 Å². The van der Waals surface area contributed by atoms with Crippen molar-refractivity contribution in [3.63, 3.8) is 0 Å². The third kappa shape index (κ3) is 3.76. The van der Waals surface area contributed by atoms with Crippen molar-refractivity contribution in [2.24, 2.45) is 0 Å². The molecule has 122 valence electrons. The van der Waals surface area contributed by atoms with Gasteiger partial charge in [-0.1, -0.05) is 48.5 Å². The number of carbonyl (C=O) groups excluding carboxylic acids is 2. The number of aromatic carboxylic acids is 1. The highest BCUT2D eigenvalue weighted by atomic mass is 16.4. The molecule has 5 nitrogen and oxygen atoms in total. The van der Waals surface area contributed by atoms with Gasteiger partial charge in [0.2, 0.25) is 11.6 Å². The van der Waals surface area contributed by atoms with Crippen LogP contribution in [-0.4, -0.2) is 41.6 Å². The third-order valence-electron chi connectivity index (χ3n) is 3.33. The second kappa shape index (κ2) is 7.37. The first-order valence-corrected chi connectivity index (χ1v) is 7.27. The summed E-state index contributed by atoms with van der Waals surface area (Å²) in [4.78, 5) is 38.3. The topological polar surface area (TPSA) is 74.7 Å². The van der Waals surface area contributed by atoms with Gasteiger partial charge in [0.1, 0.15) is 0 Å². The maximum atomic E-state index is 12.7. The highest BCUT2D eigenvalue weighted by molar-refractivity contribution is 6.58. The van der Waals surface area contributed by atoms with Crippen LogP contribution >= 0.6 is 0 Å². The van der Waals surface area contributed by atoms with Gasteiger partial charge in [0.15, 0.2) is 0 Å². The van der Waals surface area contributed by atoms with Crippen molar-refractivity contribution in [3.05, 3.63) is 77.5 Å². The molecule has 0 saturated carbocycles. The van der Waals surface area contributed by atoms with Crippen molar-refractivity contribution in [3.8, 4) is 0 Å². The second-order valence-corrected chi connectivity index (χ2v) is 5.38. The van der Waals surface area contributed by atoms with E-state index < -0.39 is 17.5 Å². The molecule has 2 rings (SSSR count). The van der Waals surface area contributed by atoms with Crippen molar-refractivity contribution in [1.82, 2.24) is 4.90 Å². The molecule has 0 atom stereocenters. The first-order valence-electron chi connectivity index (χ1n) is 7.27. The normalized spacial score (nSPS) is 11.0. The number of carboxylic acids is 1. The van der Waals surface area contributed by atoms with Crippen molar-refractivity contribution in [1.29, 1.82) is 0 Å². The molecule has 0 radical (unpaired) electrons. The average Bonchev–Trinajstić information content (AvgIpc) is 2.59. The molecule has 0 saturated heterocycles. The SMILES string of the molecule is CN(C)/C=C(/C(=O)C(=O)c1ccccc1C(=O)O)c1ccccc1. The van der Waals surface area contributed by atoms with Crippen LogP contribution in [0.15, 0.2) is 60.8 Å².